The predicted molar refractivity (Wildman–Crippen MR) is 92.5 cm³/mol. The van der Waals surface area contributed by atoms with Gasteiger partial charge < -0.3 is 15.5 Å². The molecular formula is C15H20ClF3N4O3. The van der Waals surface area contributed by atoms with E-state index in [2.05, 4.69) is 10.6 Å². The molecule has 1 aliphatic heterocycles. The normalized spacial score (nSPS) is 16.7. The molecule has 1 heterocycles. The van der Waals surface area contributed by atoms with Crippen LogP contribution in [0.3, 0.4) is 0 Å². The number of carbonyl (C=O) groups is 1. The molecule has 1 amide bonds. The predicted octanol–water partition coefficient (Wildman–Crippen LogP) is 2.66. The molecule has 1 atom stereocenters. The summed E-state index contributed by atoms with van der Waals surface area (Å²) in [5, 5.41) is 16.8. The summed E-state index contributed by atoms with van der Waals surface area (Å²) >= 11 is 0. The third-order valence-electron chi connectivity index (χ3n) is 4.15. The third-order valence-corrected chi connectivity index (χ3v) is 4.15. The Kier molecular flexibility index (Phi) is 7.64. The van der Waals surface area contributed by atoms with Gasteiger partial charge in [-0.1, -0.05) is 0 Å². The molecule has 0 bridgehead atoms. The molecule has 0 spiro atoms. The Balaban J connectivity index is 0.00000338. The maximum absolute atomic E-state index is 12.7. The lowest BCUT2D eigenvalue weighted by Crippen LogP contribution is -2.39. The number of nitrogens with zero attached hydrogens (tertiary/aromatic N) is 2. The maximum Gasteiger partial charge on any atom is 0.416 e. The molecule has 1 unspecified atom stereocenters. The van der Waals surface area contributed by atoms with Gasteiger partial charge in [0, 0.05) is 38.7 Å². The van der Waals surface area contributed by atoms with E-state index in [-0.39, 0.29) is 43.0 Å². The summed E-state index contributed by atoms with van der Waals surface area (Å²) in [7, 11) is 1.70. The standard InChI is InChI=1S/C15H19F3N4O3.ClH/c1-21(11-4-6-19-9-11)14(23)5-7-20-12-3-2-10(15(16,17)18)8-13(12)22(24)25;/h2-3,8,11,19-20H,4-7,9H2,1H3;1H. The fourth-order valence-corrected chi connectivity index (χ4v) is 2.66. The van der Waals surface area contributed by atoms with Crippen molar-refractivity contribution < 1.29 is 22.9 Å². The quantitative estimate of drug-likeness (QED) is 0.570. The molecule has 1 aliphatic rings. The first kappa shape index (κ1) is 22.0. The number of amides is 1. The van der Waals surface area contributed by atoms with Crippen molar-refractivity contribution >= 4 is 29.7 Å². The van der Waals surface area contributed by atoms with Crippen molar-refractivity contribution in [2.24, 2.45) is 0 Å². The zero-order chi connectivity index (χ0) is 18.6. The number of alkyl halides is 3. The van der Waals surface area contributed by atoms with Gasteiger partial charge in [-0.05, 0) is 25.1 Å². The third kappa shape index (κ3) is 5.46. The van der Waals surface area contributed by atoms with Crippen molar-refractivity contribution in [3.05, 3.63) is 33.9 Å². The molecule has 0 saturated carbocycles. The second kappa shape index (κ2) is 9.04. The van der Waals surface area contributed by atoms with Crippen LogP contribution in [0, 0.1) is 10.1 Å². The smallest absolute Gasteiger partial charge is 0.379 e. The second-order valence-electron chi connectivity index (χ2n) is 5.81. The second-order valence-corrected chi connectivity index (χ2v) is 5.81. The highest BCUT2D eigenvalue weighted by molar-refractivity contribution is 5.85. The summed E-state index contributed by atoms with van der Waals surface area (Å²) in [6.07, 6.45) is -3.71. The van der Waals surface area contributed by atoms with Gasteiger partial charge in [-0.3, -0.25) is 14.9 Å². The largest absolute Gasteiger partial charge is 0.416 e. The van der Waals surface area contributed by atoms with E-state index in [1.54, 1.807) is 11.9 Å². The Bertz CT molecular complexity index is 652. The van der Waals surface area contributed by atoms with E-state index in [1.165, 1.54) is 0 Å². The molecule has 1 aromatic carbocycles. The minimum atomic E-state index is -4.66. The van der Waals surface area contributed by atoms with Gasteiger partial charge in [0.1, 0.15) is 5.69 Å². The Hall–Kier alpha value is -2.07. The lowest BCUT2D eigenvalue weighted by atomic mass is 10.1. The maximum atomic E-state index is 12.7. The van der Waals surface area contributed by atoms with Crippen LogP contribution in [0.5, 0.6) is 0 Å². The molecular weight excluding hydrogens is 377 g/mol. The van der Waals surface area contributed by atoms with Crippen molar-refractivity contribution in [1.29, 1.82) is 0 Å². The number of benzene rings is 1. The SMILES string of the molecule is CN(C(=O)CCNc1ccc(C(F)(F)F)cc1[N+](=O)[O-])C1CCNC1.Cl. The monoisotopic (exact) mass is 396 g/mol. The fourth-order valence-electron chi connectivity index (χ4n) is 2.66. The topological polar surface area (TPSA) is 87.5 Å². The number of rotatable bonds is 6. The van der Waals surface area contributed by atoms with Crippen LogP contribution >= 0.6 is 12.4 Å². The van der Waals surface area contributed by atoms with Crippen molar-refractivity contribution in [2.75, 3.05) is 32.0 Å². The van der Waals surface area contributed by atoms with Crippen LogP contribution in [0.1, 0.15) is 18.4 Å². The molecule has 11 heteroatoms. The number of anilines is 1. The lowest BCUT2D eigenvalue weighted by Gasteiger charge is -2.23. The highest BCUT2D eigenvalue weighted by Gasteiger charge is 2.33. The average Bonchev–Trinajstić information content (AvgIpc) is 3.07. The Morgan fingerprint density at radius 1 is 1.46 bits per heavy atom. The van der Waals surface area contributed by atoms with E-state index in [0.29, 0.717) is 6.07 Å². The number of nitro benzene ring substituents is 1. The molecule has 2 rings (SSSR count). The first-order chi connectivity index (χ1) is 11.7. The number of nitro groups is 1. The van der Waals surface area contributed by atoms with Crippen LogP contribution in [0.15, 0.2) is 18.2 Å². The van der Waals surface area contributed by atoms with Gasteiger partial charge in [0.15, 0.2) is 0 Å². The average molecular weight is 397 g/mol. The number of hydrogen-bond acceptors (Lipinski definition) is 5. The molecule has 1 saturated heterocycles. The zero-order valence-electron chi connectivity index (χ0n) is 14.0. The molecule has 0 aliphatic carbocycles. The van der Waals surface area contributed by atoms with Crippen LogP contribution in [-0.2, 0) is 11.0 Å². The Morgan fingerprint density at radius 2 is 2.15 bits per heavy atom. The van der Waals surface area contributed by atoms with E-state index in [0.717, 1.165) is 31.6 Å². The molecule has 1 aromatic rings. The number of halogens is 4. The zero-order valence-corrected chi connectivity index (χ0v) is 14.8. The van der Waals surface area contributed by atoms with Crippen LogP contribution in [0.2, 0.25) is 0 Å². The summed E-state index contributed by atoms with van der Waals surface area (Å²) in [4.78, 5) is 23.8. The van der Waals surface area contributed by atoms with E-state index >= 15 is 0 Å². The van der Waals surface area contributed by atoms with Gasteiger partial charge in [0.05, 0.1) is 10.5 Å². The van der Waals surface area contributed by atoms with E-state index in [4.69, 9.17) is 0 Å². The van der Waals surface area contributed by atoms with E-state index in [9.17, 15) is 28.1 Å². The molecule has 2 N–H and O–H groups in total. The first-order valence-electron chi connectivity index (χ1n) is 7.76. The molecule has 1 fully saturated rings. The number of carbonyl (C=O) groups excluding carboxylic acids is 1. The summed E-state index contributed by atoms with van der Waals surface area (Å²) < 4.78 is 38.0. The van der Waals surface area contributed by atoms with Crippen LogP contribution in [0.4, 0.5) is 24.5 Å². The van der Waals surface area contributed by atoms with Crippen LogP contribution in [-0.4, -0.2) is 48.5 Å². The van der Waals surface area contributed by atoms with Crippen molar-refractivity contribution in [1.82, 2.24) is 10.2 Å². The molecule has 0 aromatic heterocycles. The number of hydrogen-bond donors (Lipinski definition) is 2. The highest BCUT2D eigenvalue weighted by atomic mass is 35.5. The van der Waals surface area contributed by atoms with Gasteiger partial charge in [0.25, 0.3) is 5.69 Å². The van der Waals surface area contributed by atoms with Gasteiger partial charge in [-0.25, -0.2) is 0 Å². The van der Waals surface area contributed by atoms with E-state index in [1.807, 2.05) is 0 Å². The fraction of sp³-hybridized carbons (Fsp3) is 0.533. The van der Waals surface area contributed by atoms with Crippen LogP contribution < -0.4 is 10.6 Å². The molecule has 0 radical (unpaired) electrons. The Morgan fingerprint density at radius 3 is 2.69 bits per heavy atom. The van der Waals surface area contributed by atoms with Crippen molar-refractivity contribution in [3.8, 4) is 0 Å². The highest BCUT2D eigenvalue weighted by Crippen LogP contribution is 2.34. The minimum Gasteiger partial charge on any atom is -0.379 e. The van der Waals surface area contributed by atoms with Crippen molar-refractivity contribution in [2.45, 2.75) is 25.1 Å². The van der Waals surface area contributed by atoms with E-state index < -0.39 is 22.4 Å². The van der Waals surface area contributed by atoms with Gasteiger partial charge in [-0.15, -0.1) is 12.4 Å². The number of likely N-dealkylation sites (N-methyl/N-ethyl adjacent to an activating group) is 1. The Labute approximate surface area is 154 Å². The molecule has 7 nitrogen and oxygen atoms in total. The molecule has 26 heavy (non-hydrogen) atoms. The van der Waals surface area contributed by atoms with Gasteiger partial charge in [-0.2, -0.15) is 13.2 Å². The molecule has 146 valence electrons. The van der Waals surface area contributed by atoms with Gasteiger partial charge >= 0.3 is 6.18 Å². The summed E-state index contributed by atoms with van der Waals surface area (Å²) in [6.45, 7) is 1.66. The minimum absolute atomic E-state index is 0. The number of nitrogens with one attached hydrogen (secondary N) is 2. The first-order valence-corrected chi connectivity index (χ1v) is 7.76. The summed E-state index contributed by atoms with van der Waals surface area (Å²) in [6, 6.07) is 2.39. The lowest BCUT2D eigenvalue weighted by molar-refractivity contribution is -0.384. The summed E-state index contributed by atoms with van der Waals surface area (Å²) in [5.41, 5.74) is -1.80. The van der Waals surface area contributed by atoms with Crippen LogP contribution in [0.25, 0.3) is 0 Å². The van der Waals surface area contributed by atoms with Crippen molar-refractivity contribution in [3.63, 3.8) is 0 Å². The summed E-state index contributed by atoms with van der Waals surface area (Å²) in [5.74, 6) is -0.129. The van der Waals surface area contributed by atoms with Gasteiger partial charge in [0.2, 0.25) is 5.91 Å².